The molecule has 2 rings (SSSR count). The van der Waals surface area contributed by atoms with Crippen LogP contribution in [0.5, 0.6) is 11.5 Å². The highest BCUT2D eigenvalue weighted by atomic mass is 19.1. The Morgan fingerprint density at radius 2 is 1.76 bits per heavy atom. The second kappa shape index (κ2) is 10.8. The fourth-order valence-electron chi connectivity index (χ4n) is 2.61. The van der Waals surface area contributed by atoms with Gasteiger partial charge in [-0.1, -0.05) is 18.2 Å². The molecule has 0 heterocycles. The quantitative estimate of drug-likeness (QED) is 0.657. The van der Waals surface area contributed by atoms with E-state index in [1.165, 1.54) is 23.1 Å². The maximum atomic E-state index is 12.9. The van der Waals surface area contributed by atoms with E-state index < -0.39 is 0 Å². The number of halogens is 1. The van der Waals surface area contributed by atoms with Gasteiger partial charge in [-0.05, 0) is 48.4 Å². The second-order valence-corrected chi connectivity index (χ2v) is 6.20. The largest absolute Gasteiger partial charge is 0.493 e. The Balaban J connectivity index is 1.92. The van der Waals surface area contributed by atoms with E-state index in [1.54, 1.807) is 57.6 Å². The fourth-order valence-corrected chi connectivity index (χ4v) is 2.61. The van der Waals surface area contributed by atoms with Gasteiger partial charge in [0.1, 0.15) is 5.82 Å². The lowest BCUT2D eigenvalue weighted by Crippen LogP contribution is -2.39. The van der Waals surface area contributed by atoms with Crippen LogP contribution in [0.2, 0.25) is 0 Å². The van der Waals surface area contributed by atoms with E-state index in [-0.39, 0.29) is 30.7 Å². The number of ether oxygens (including phenoxy) is 2. The van der Waals surface area contributed by atoms with Crippen LogP contribution in [-0.2, 0) is 16.1 Å². The van der Waals surface area contributed by atoms with Crippen molar-refractivity contribution in [2.45, 2.75) is 13.5 Å². The van der Waals surface area contributed by atoms with Crippen LogP contribution in [0, 0.1) is 5.82 Å². The van der Waals surface area contributed by atoms with Gasteiger partial charge < -0.3 is 19.7 Å². The summed E-state index contributed by atoms with van der Waals surface area (Å²) in [6.07, 6.45) is 3.07. The van der Waals surface area contributed by atoms with Crippen molar-refractivity contribution < 1.29 is 23.5 Å². The zero-order valence-electron chi connectivity index (χ0n) is 16.8. The fraction of sp³-hybridized carbons (Fsp3) is 0.273. The Bertz CT molecular complexity index is 866. The molecule has 0 aliphatic rings. The average Bonchev–Trinajstić information content (AvgIpc) is 2.75. The molecule has 0 aromatic heterocycles. The first-order chi connectivity index (χ1) is 14.0. The molecule has 2 aromatic carbocycles. The number of hydrogen-bond acceptors (Lipinski definition) is 4. The molecule has 7 heteroatoms. The van der Waals surface area contributed by atoms with Crippen LogP contribution in [0.4, 0.5) is 4.39 Å². The van der Waals surface area contributed by atoms with Crippen LogP contribution in [0.25, 0.3) is 6.08 Å². The van der Waals surface area contributed by atoms with E-state index in [1.807, 2.05) is 0 Å². The third-order valence-corrected chi connectivity index (χ3v) is 4.26. The van der Waals surface area contributed by atoms with E-state index in [2.05, 4.69) is 5.32 Å². The van der Waals surface area contributed by atoms with Crippen LogP contribution >= 0.6 is 0 Å². The van der Waals surface area contributed by atoms with Crippen molar-refractivity contribution in [2.24, 2.45) is 0 Å². The highest BCUT2D eigenvalue weighted by Crippen LogP contribution is 2.27. The van der Waals surface area contributed by atoms with Crippen molar-refractivity contribution >= 4 is 17.9 Å². The first-order valence-electron chi connectivity index (χ1n) is 9.17. The zero-order chi connectivity index (χ0) is 21.2. The summed E-state index contributed by atoms with van der Waals surface area (Å²) < 4.78 is 23.4. The molecule has 0 atom stereocenters. The predicted molar refractivity (Wildman–Crippen MR) is 109 cm³/mol. The van der Waals surface area contributed by atoms with Crippen molar-refractivity contribution in [1.29, 1.82) is 0 Å². The van der Waals surface area contributed by atoms with Gasteiger partial charge in [0.2, 0.25) is 11.8 Å². The lowest BCUT2D eigenvalue weighted by Gasteiger charge is -2.18. The minimum atomic E-state index is -0.330. The molecule has 0 aliphatic carbocycles. The molecule has 6 nitrogen and oxygen atoms in total. The molecular formula is C22H25FN2O4. The summed E-state index contributed by atoms with van der Waals surface area (Å²) in [5.41, 5.74) is 1.55. The van der Waals surface area contributed by atoms with Gasteiger partial charge in [-0.15, -0.1) is 0 Å². The molecule has 2 amide bonds. The molecule has 0 fully saturated rings. The molecule has 0 bridgehead atoms. The van der Waals surface area contributed by atoms with Crippen molar-refractivity contribution in [2.75, 3.05) is 27.3 Å². The van der Waals surface area contributed by atoms with Gasteiger partial charge in [0, 0.05) is 19.2 Å². The summed E-state index contributed by atoms with van der Waals surface area (Å²) in [6.45, 7) is 2.40. The number of nitrogens with one attached hydrogen (secondary N) is 1. The van der Waals surface area contributed by atoms with Gasteiger partial charge in [0.25, 0.3) is 0 Å². The summed E-state index contributed by atoms with van der Waals surface area (Å²) in [5.74, 6) is 0.269. The summed E-state index contributed by atoms with van der Waals surface area (Å²) in [5, 5.41) is 2.73. The van der Waals surface area contributed by atoms with E-state index in [4.69, 9.17) is 9.47 Å². The minimum Gasteiger partial charge on any atom is -0.493 e. The molecular weight excluding hydrogens is 375 g/mol. The SMILES string of the molecule is CCN(CC(=O)NCc1ccc(F)cc1)C(=O)/C=C/c1ccc(OC)c(OC)c1. The van der Waals surface area contributed by atoms with Crippen molar-refractivity contribution in [3.8, 4) is 11.5 Å². The van der Waals surface area contributed by atoms with Crippen molar-refractivity contribution in [3.63, 3.8) is 0 Å². The van der Waals surface area contributed by atoms with Crippen molar-refractivity contribution in [1.82, 2.24) is 10.2 Å². The Kier molecular flexibility index (Phi) is 8.21. The summed E-state index contributed by atoms with van der Waals surface area (Å²) in [7, 11) is 3.09. The Hall–Kier alpha value is -3.35. The highest BCUT2D eigenvalue weighted by Gasteiger charge is 2.13. The lowest BCUT2D eigenvalue weighted by atomic mass is 10.2. The van der Waals surface area contributed by atoms with Gasteiger partial charge in [0.15, 0.2) is 11.5 Å². The number of carbonyl (C=O) groups excluding carboxylic acids is 2. The standard InChI is InChI=1S/C22H25FN2O4/c1-4-25(15-21(26)24-14-17-5-9-18(23)10-6-17)22(27)12-8-16-7-11-19(28-2)20(13-16)29-3/h5-13H,4,14-15H2,1-3H3,(H,24,26)/b12-8+. The van der Waals surface area contributed by atoms with Gasteiger partial charge >= 0.3 is 0 Å². The normalized spacial score (nSPS) is 10.6. The lowest BCUT2D eigenvalue weighted by molar-refractivity contribution is -0.132. The van der Waals surface area contributed by atoms with E-state index in [9.17, 15) is 14.0 Å². The number of benzene rings is 2. The Morgan fingerprint density at radius 3 is 2.38 bits per heavy atom. The molecule has 0 spiro atoms. The molecule has 0 saturated carbocycles. The average molecular weight is 400 g/mol. The van der Waals surface area contributed by atoms with Gasteiger partial charge in [-0.2, -0.15) is 0 Å². The first-order valence-corrected chi connectivity index (χ1v) is 9.17. The molecule has 1 N–H and O–H groups in total. The summed E-state index contributed by atoms with van der Waals surface area (Å²) >= 11 is 0. The topological polar surface area (TPSA) is 67.9 Å². The van der Waals surface area contributed by atoms with Crippen LogP contribution in [0.15, 0.2) is 48.5 Å². The number of rotatable bonds is 9. The predicted octanol–water partition coefficient (Wildman–Crippen LogP) is 3.02. The van der Waals surface area contributed by atoms with Crippen LogP contribution < -0.4 is 14.8 Å². The number of methoxy groups -OCH3 is 2. The van der Waals surface area contributed by atoms with Crippen LogP contribution in [0.3, 0.4) is 0 Å². The zero-order valence-corrected chi connectivity index (χ0v) is 16.8. The van der Waals surface area contributed by atoms with E-state index in [0.717, 1.165) is 11.1 Å². The van der Waals surface area contributed by atoms with Gasteiger partial charge in [-0.3, -0.25) is 9.59 Å². The Labute approximate surface area is 169 Å². The molecule has 154 valence electrons. The second-order valence-electron chi connectivity index (χ2n) is 6.20. The molecule has 2 aromatic rings. The maximum absolute atomic E-state index is 12.9. The Morgan fingerprint density at radius 1 is 1.07 bits per heavy atom. The highest BCUT2D eigenvalue weighted by molar-refractivity contribution is 5.94. The number of carbonyl (C=O) groups is 2. The van der Waals surface area contributed by atoms with Gasteiger partial charge in [-0.25, -0.2) is 4.39 Å². The minimum absolute atomic E-state index is 0.0627. The first kappa shape index (κ1) is 21.9. The van der Waals surface area contributed by atoms with Crippen LogP contribution in [-0.4, -0.2) is 44.0 Å². The summed E-state index contributed by atoms with van der Waals surface area (Å²) in [4.78, 5) is 26.0. The number of nitrogens with zero attached hydrogens (tertiary/aromatic N) is 1. The van der Waals surface area contributed by atoms with Crippen LogP contribution in [0.1, 0.15) is 18.1 Å². The number of hydrogen-bond donors (Lipinski definition) is 1. The molecule has 0 saturated heterocycles. The van der Waals surface area contributed by atoms with Crippen molar-refractivity contribution in [3.05, 3.63) is 65.5 Å². The molecule has 0 aliphatic heterocycles. The third-order valence-electron chi connectivity index (χ3n) is 4.26. The van der Waals surface area contributed by atoms with E-state index >= 15 is 0 Å². The third kappa shape index (κ3) is 6.64. The monoisotopic (exact) mass is 400 g/mol. The smallest absolute Gasteiger partial charge is 0.247 e. The summed E-state index contributed by atoms with van der Waals surface area (Å²) in [6, 6.07) is 11.2. The molecule has 29 heavy (non-hydrogen) atoms. The molecule has 0 unspecified atom stereocenters. The van der Waals surface area contributed by atoms with E-state index in [0.29, 0.717) is 18.0 Å². The molecule has 0 radical (unpaired) electrons. The number of amides is 2. The number of likely N-dealkylation sites (N-methyl/N-ethyl adjacent to an activating group) is 1. The van der Waals surface area contributed by atoms with Gasteiger partial charge in [0.05, 0.1) is 20.8 Å². The maximum Gasteiger partial charge on any atom is 0.247 e.